The molecule has 1 aromatic rings. The van der Waals surface area contributed by atoms with Crippen molar-refractivity contribution in [2.24, 2.45) is 5.92 Å². The molecule has 0 saturated carbocycles. The van der Waals surface area contributed by atoms with E-state index in [0.29, 0.717) is 5.92 Å². The second kappa shape index (κ2) is 7.39. The van der Waals surface area contributed by atoms with Gasteiger partial charge in [-0.2, -0.15) is 0 Å². The molecule has 130 valence electrons. The van der Waals surface area contributed by atoms with Crippen LogP contribution in [0, 0.1) is 5.92 Å². The number of likely N-dealkylation sites (tertiary alicyclic amines) is 1. The Labute approximate surface area is 139 Å². The molecule has 0 radical (unpaired) electrons. The molecule has 1 fully saturated rings. The third-order valence-corrected chi connectivity index (χ3v) is 4.33. The van der Waals surface area contributed by atoms with Gasteiger partial charge in [-0.15, -0.1) is 0 Å². The van der Waals surface area contributed by atoms with E-state index in [1.165, 1.54) is 0 Å². The zero-order valence-electron chi connectivity index (χ0n) is 15.0. The molecule has 5 nitrogen and oxygen atoms in total. The van der Waals surface area contributed by atoms with E-state index in [0.717, 1.165) is 38.2 Å². The van der Waals surface area contributed by atoms with E-state index in [1.807, 2.05) is 37.8 Å². The molecule has 0 unspecified atom stereocenters. The Morgan fingerprint density at radius 2 is 2.26 bits per heavy atom. The maximum atomic E-state index is 12.2. The van der Waals surface area contributed by atoms with Gasteiger partial charge in [0.15, 0.2) is 0 Å². The number of furan rings is 1. The van der Waals surface area contributed by atoms with Crippen LogP contribution in [0.25, 0.3) is 0 Å². The number of carbonyl (C=O) groups excluding carboxylic acids is 1. The Bertz CT molecular complexity index is 493. The number of piperidine rings is 1. The van der Waals surface area contributed by atoms with Gasteiger partial charge in [-0.1, -0.05) is 0 Å². The van der Waals surface area contributed by atoms with Crippen LogP contribution < -0.4 is 0 Å². The number of hydrogen-bond donors (Lipinski definition) is 0. The van der Waals surface area contributed by atoms with Crippen LogP contribution in [-0.2, 0) is 4.74 Å². The summed E-state index contributed by atoms with van der Waals surface area (Å²) in [5.74, 6) is 1.45. The first-order valence-electron chi connectivity index (χ1n) is 8.48. The minimum Gasteiger partial charge on any atom is -0.468 e. The summed E-state index contributed by atoms with van der Waals surface area (Å²) in [6, 6.07) is 4.17. The number of hydrogen-bond acceptors (Lipinski definition) is 4. The van der Waals surface area contributed by atoms with Gasteiger partial charge in [0.1, 0.15) is 11.4 Å². The van der Waals surface area contributed by atoms with E-state index in [4.69, 9.17) is 9.15 Å². The smallest absolute Gasteiger partial charge is 0.410 e. The highest BCUT2D eigenvalue weighted by Gasteiger charge is 2.29. The molecule has 0 aliphatic carbocycles. The lowest BCUT2D eigenvalue weighted by molar-refractivity contribution is 0.0140. The van der Waals surface area contributed by atoms with E-state index in [-0.39, 0.29) is 12.1 Å². The fraction of sp³-hybridized carbons (Fsp3) is 0.722. The molecule has 0 aromatic carbocycles. The van der Waals surface area contributed by atoms with E-state index >= 15 is 0 Å². The standard InChI is InChI=1S/C18H30N2O3/c1-14(16-9-7-11-22-16)19(5)12-15-8-6-10-20(13-15)17(21)23-18(2,3)4/h7,9,11,14-15H,6,8,10,12-13H2,1-5H3/t14-,15+/m0/s1. The van der Waals surface area contributed by atoms with Crippen molar-refractivity contribution in [2.75, 3.05) is 26.7 Å². The van der Waals surface area contributed by atoms with Gasteiger partial charge in [0, 0.05) is 19.6 Å². The van der Waals surface area contributed by atoms with Gasteiger partial charge in [-0.3, -0.25) is 4.90 Å². The average molecular weight is 322 g/mol. The summed E-state index contributed by atoms with van der Waals surface area (Å²) in [6.45, 7) is 10.4. The Kier molecular flexibility index (Phi) is 5.74. The topological polar surface area (TPSA) is 45.9 Å². The van der Waals surface area contributed by atoms with Gasteiger partial charge < -0.3 is 14.1 Å². The van der Waals surface area contributed by atoms with Gasteiger partial charge in [0.05, 0.1) is 12.3 Å². The van der Waals surface area contributed by atoms with Crippen molar-refractivity contribution in [1.82, 2.24) is 9.80 Å². The quantitative estimate of drug-likeness (QED) is 0.843. The molecule has 0 N–H and O–H groups in total. The molecule has 1 amide bonds. The number of rotatable bonds is 4. The Balaban J connectivity index is 1.87. The van der Waals surface area contributed by atoms with Crippen LogP contribution in [0.4, 0.5) is 4.79 Å². The molecule has 2 heterocycles. The van der Waals surface area contributed by atoms with E-state index in [2.05, 4.69) is 18.9 Å². The third kappa shape index (κ3) is 5.27. The first kappa shape index (κ1) is 17.9. The minimum atomic E-state index is -0.436. The van der Waals surface area contributed by atoms with Crippen LogP contribution in [0.5, 0.6) is 0 Å². The second-order valence-electron chi connectivity index (χ2n) is 7.57. The summed E-state index contributed by atoms with van der Waals surface area (Å²) in [7, 11) is 2.11. The summed E-state index contributed by atoms with van der Waals surface area (Å²) >= 11 is 0. The van der Waals surface area contributed by atoms with Crippen LogP contribution in [0.3, 0.4) is 0 Å². The maximum Gasteiger partial charge on any atom is 0.410 e. The van der Waals surface area contributed by atoms with Crippen LogP contribution in [0.2, 0.25) is 0 Å². The SMILES string of the molecule is C[C@@H](c1ccco1)N(C)C[C@H]1CCCN(C(=O)OC(C)(C)C)C1. The van der Waals surface area contributed by atoms with Crippen molar-refractivity contribution >= 4 is 6.09 Å². The Morgan fingerprint density at radius 3 is 2.87 bits per heavy atom. The first-order chi connectivity index (χ1) is 10.8. The van der Waals surface area contributed by atoms with Gasteiger partial charge in [0.2, 0.25) is 0 Å². The van der Waals surface area contributed by atoms with Gasteiger partial charge in [-0.05, 0) is 65.6 Å². The van der Waals surface area contributed by atoms with Crippen molar-refractivity contribution in [3.05, 3.63) is 24.2 Å². The van der Waals surface area contributed by atoms with E-state index in [9.17, 15) is 4.79 Å². The number of amides is 1. The van der Waals surface area contributed by atoms with Crippen molar-refractivity contribution < 1.29 is 13.9 Å². The summed E-state index contributed by atoms with van der Waals surface area (Å²) < 4.78 is 11.0. The average Bonchev–Trinajstić information content (AvgIpc) is 2.99. The normalized spacial score (nSPS) is 20.6. The molecule has 23 heavy (non-hydrogen) atoms. The van der Waals surface area contributed by atoms with Crippen LogP contribution in [0.15, 0.2) is 22.8 Å². The molecule has 1 aromatic heterocycles. The highest BCUT2D eigenvalue weighted by molar-refractivity contribution is 5.68. The predicted octanol–water partition coefficient (Wildman–Crippen LogP) is 3.92. The van der Waals surface area contributed by atoms with Gasteiger partial charge in [0.25, 0.3) is 0 Å². The lowest BCUT2D eigenvalue weighted by atomic mass is 9.97. The minimum absolute atomic E-state index is 0.191. The number of ether oxygens (including phenoxy) is 1. The van der Waals surface area contributed by atoms with Crippen molar-refractivity contribution in [3.8, 4) is 0 Å². The van der Waals surface area contributed by atoms with Crippen molar-refractivity contribution in [3.63, 3.8) is 0 Å². The molecule has 1 aliphatic rings. The van der Waals surface area contributed by atoms with E-state index < -0.39 is 5.60 Å². The number of nitrogens with zero attached hydrogens (tertiary/aromatic N) is 2. The molecule has 1 saturated heterocycles. The fourth-order valence-corrected chi connectivity index (χ4v) is 3.02. The van der Waals surface area contributed by atoms with Gasteiger partial charge >= 0.3 is 6.09 Å². The molecular weight excluding hydrogens is 292 g/mol. The molecule has 0 bridgehead atoms. The van der Waals surface area contributed by atoms with Crippen LogP contribution >= 0.6 is 0 Å². The Hall–Kier alpha value is -1.49. The molecular formula is C18H30N2O3. The largest absolute Gasteiger partial charge is 0.468 e. The van der Waals surface area contributed by atoms with E-state index in [1.54, 1.807) is 6.26 Å². The highest BCUT2D eigenvalue weighted by Crippen LogP contribution is 2.24. The molecule has 2 atom stereocenters. The predicted molar refractivity (Wildman–Crippen MR) is 90.3 cm³/mol. The third-order valence-electron chi connectivity index (χ3n) is 4.33. The summed E-state index contributed by atoms with van der Waals surface area (Å²) in [6.07, 6.45) is 3.70. The summed E-state index contributed by atoms with van der Waals surface area (Å²) in [5.41, 5.74) is -0.436. The highest BCUT2D eigenvalue weighted by atomic mass is 16.6. The zero-order chi connectivity index (χ0) is 17.0. The first-order valence-corrected chi connectivity index (χ1v) is 8.48. The second-order valence-corrected chi connectivity index (χ2v) is 7.57. The molecule has 2 rings (SSSR count). The van der Waals surface area contributed by atoms with Crippen molar-refractivity contribution in [1.29, 1.82) is 0 Å². The Morgan fingerprint density at radius 1 is 1.52 bits per heavy atom. The lowest BCUT2D eigenvalue weighted by Gasteiger charge is -2.36. The van der Waals surface area contributed by atoms with Crippen molar-refractivity contribution in [2.45, 2.75) is 52.2 Å². The van der Waals surface area contributed by atoms with Gasteiger partial charge in [-0.25, -0.2) is 4.79 Å². The molecule has 5 heteroatoms. The van der Waals surface area contributed by atoms with Crippen LogP contribution in [-0.4, -0.2) is 48.2 Å². The zero-order valence-corrected chi connectivity index (χ0v) is 15.0. The molecule has 0 spiro atoms. The fourth-order valence-electron chi connectivity index (χ4n) is 3.02. The number of carbonyl (C=O) groups is 1. The monoisotopic (exact) mass is 322 g/mol. The summed E-state index contributed by atoms with van der Waals surface area (Å²) in [4.78, 5) is 16.4. The lowest BCUT2D eigenvalue weighted by Crippen LogP contribution is -2.45. The van der Waals surface area contributed by atoms with Crippen LogP contribution in [0.1, 0.15) is 52.3 Å². The molecule has 1 aliphatic heterocycles. The maximum absolute atomic E-state index is 12.2. The summed E-state index contributed by atoms with van der Waals surface area (Å²) in [5, 5.41) is 0.